The number of carbonyl (C=O) groups excluding carboxylic acids is 1. The van der Waals surface area contributed by atoms with E-state index < -0.39 is 12.0 Å². The maximum absolute atomic E-state index is 12.7. The minimum Gasteiger partial charge on any atom is -0.480 e. The molecule has 0 spiro atoms. The van der Waals surface area contributed by atoms with Crippen molar-refractivity contribution >= 4 is 34.9 Å². The third-order valence-electron chi connectivity index (χ3n) is 5.54. The number of benzene rings is 3. The van der Waals surface area contributed by atoms with Crippen LogP contribution in [0, 0.1) is 0 Å². The maximum atomic E-state index is 12.7. The Morgan fingerprint density at radius 2 is 1.61 bits per heavy atom. The van der Waals surface area contributed by atoms with Gasteiger partial charge in [0.2, 0.25) is 5.91 Å². The average molecular weight is 435 g/mol. The van der Waals surface area contributed by atoms with Crippen molar-refractivity contribution in [2.45, 2.75) is 25.3 Å². The Morgan fingerprint density at radius 3 is 2.29 bits per heavy atom. The van der Waals surface area contributed by atoms with Gasteiger partial charge in [-0.25, -0.2) is 4.79 Å². The Morgan fingerprint density at radius 1 is 0.968 bits per heavy atom. The van der Waals surface area contributed by atoms with Crippen molar-refractivity contribution in [1.29, 1.82) is 0 Å². The lowest BCUT2D eigenvalue weighted by Gasteiger charge is -2.20. The van der Waals surface area contributed by atoms with E-state index in [0.717, 1.165) is 28.8 Å². The van der Waals surface area contributed by atoms with Crippen LogP contribution in [0.3, 0.4) is 0 Å². The quantitative estimate of drug-likeness (QED) is 0.533. The summed E-state index contributed by atoms with van der Waals surface area (Å²) in [6.07, 6.45) is 1.22. The highest BCUT2D eigenvalue weighted by Gasteiger charge is 2.26. The highest BCUT2D eigenvalue weighted by atomic mass is 35.5. The fourth-order valence-electron chi connectivity index (χ4n) is 3.86. The maximum Gasteiger partial charge on any atom is 0.326 e. The minimum absolute atomic E-state index is 0.0453. The molecule has 31 heavy (non-hydrogen) atoms. The molecule has 1 heterocycles. The summed E-state index contributed by atoms with van der Waals surface area (Å²) in [5.41, 5.74) is 4.83. The summed E-state index contributed by atoms with van der Waals surface area (Å²) in [6, 6.07) is 22.1. The smallest absolute Gasteiger partial charge is 0.326 e. The van der Waals surface area contributed by atoms with E-state index in [1.54, 1.807) is 4.90 Å². The van der Waals surface area contributed by atoms with Crippen molar-refractivity contribution in [2.24, 2.45) is 0 Å². The molecular formula is C25H23ClN2O3. The van der Waals surface area contributed by atoms with Crippen molar-refractivity contribution in [3.63, 3.8) is 0 Å². The molecule has 0 fully saturated rings. The second-order valence-corrected chi connectivity index (χ2v) is 8.02. The number of anilines is 2. The van der Waals surface area contributed by atoms with Crippen molar-refractivity contribution in [1.82, 2.24) is 0 Å². The number of carboxylic acids is 1. The average Bonchev–Trinajstić information content (AvgIpc) is 3.21. The summed E-state index contributed by atoms with van der Waals surface area (Å²) in [5.74, 6) is -1.02. The van der Waals surface area contributed by atoms with Crippen molar-refractivity contribution in [3.05, 3.63) is 83.4 Å². The van der Waals surface area contributed by atoms with Crippen LogP contribution in [0.5, 0.6) is 0 Å². The van der Waals surface area contributed by atoms with Crippen LogP contribution in [0.1, 0.15) is 18.4 Å². The Labute approximate surface area is 186 Å². The highest BCUT2D eigenvalue weighted by molar-refractivity contribution is 6.30. The number of carboxylic acid groups (broad SMARTS) is 1. The second-order valence-electron chi connectivity index (χ2n) is 7.58. The Balaban J connectivity index is 1.38. The van der Waals surface area contributed by atoms with Gasteiger partial charge >= 0.3 is 5.97 Å². The molecule has 1 unspecified atom stereocenters. The van der Waals surface area contributed by atoms with Gasteiger partial charge in [-0.1, -0.05) is 54.1 Å². The number of nitrogens with zero attached hydrogens (tertiary/aromatic N) is 1. The van der Waals surface area contributed by atoms with Gasteiger partial charge in [-0.05, 0) is 59.9 Å². The van der Waals surface area contributed by atoms with Gasteiger partial charge < -0.3 is 15.3 Å². The predicted octanol–water partition coefficient (Wildman–Crippen LogP) is 5.24. The van der Waals surface area contributed by atoms with Gasteiger partial charge in [-0.15, -0.1) is 0 Å². The largest absolute Gasteiger partial charge is 0.480 e. The van der Waals surface area contributed by atoms with Crippen LogP contribution < -0.4 is 10.2 Å². The molecule has 0 aromatic heterocycles. The molecule has 158 valence electrons. The molecule has 3 aromatic rings. The number of amides is 1. The van der Waals surface area contributed by atoms with Gasteiger partial charge in [0, 0.05) is 29.4 Å². The number of hydrogen-bond donors (Lipinski definition) is 2. The topological polar surface area (TPSA) is 69.6 Å². The van der Waals surface area contributed by atoms with E-state index >= 15 is 0 Å². The first-order chi connectivity index (χ1) is 15.0. The van der Waals surface area contributed by atoms with Gasteiger partial charge in [-0.2, -0.15) is 0 Å². The number of para-hydroxylation sites is 1. The first-order valence-electron chi connectivity index (χ1n) is 10.2. The van der Waals surface area contributed by atoms with E-state index in [0.29, 0.717) is 17.3 Å². The monoisotopic (exact) mass is 434 g/mol. The van der Waals surface area contributed by atoms with E-state index in [1.165, 1.54) is 0 Å². The molecule has 6 heteroatoms. The molecule has 1 aliphatic rings. The number of hydrogen-bond acceptors (Lipinski definition) is 3. The summed E-state index contributed by atoms with van der Waals surface area (Å²) < 4.78 is 0. The zero-order valence-corrected chi connectivity index (χ0v) is 17.7. The first-order valence-corrected chi connectivity index (χ1v) is 10.6. The summed E-state index contributed by atoms with van der Waals surface area (Å²) >= 11 is 5.94. The van der Waals surface area contributed by atoms with Crippen LogP contribution in [-0.2, 0) is 16.0 Å². The SMILES string of the molecule is O=C(O)C(CCC(=O)N1CCc2ccccc21)Nc1ccc(-c2ccc(Cl)cc2)cc1. The van der Waals surface area contributed by atoms with Crippen molar-refractivity contribution < 1.29 is 14.7 Å². The summed E-state index contributed by atoms with van der Waals surface area (Å²) in [5, 5.41) is 13.3. The van der Waals surface area contributed by atoms with Gasteiger partial charge in [0.05, 0.1) is 0 Å². The molecule has 2 N–H and O–H groups in total. The van der Waals surface area contributed by atoms with E-state index in [9.17, 15) is 14.7 Å². The number of nitrogens with one attached hydrogen (secondary N) is 1. The molecule has 1 amide bonds. The lowest BCUT2D eigenvalue weighted by molar-refractivity contribution is -0.138. The van der Waals surface area contributed by atoms with Gasteiger partial charge in [0.15, 0.2) is 0 Å². The zero-order chi connectivity index (χ0) is 21.8. The fraction of sp³-hybridized carbons (Fsp3) is 0.200. The predicted molar refractivity (Wildman–Crippen MR) is 124 cm³/mol. The van der Waals surface area contributed by atoms with E-state index in [2.05, 4.69) is 5.32 Å². The van der Waals surface area contributed by atoms with Crippen LogP contribution >= 0.6 is 11.6 Å². The van der Waals surface area contributed by atoms with Crippen LogP contribution in [0.2, 0.25) is 5.02 Å². The lowest BCUT2D eigenvalue weighted by Crippen LogP contribution is -2.33. The normalized spacial score (nSPS) is 13.5. The summed E-state index contributed by atoms with van der Waals surface area (Å²) in [6.45, 7) is 0.648. The summed E-state index contributed by atoms with van der Waals surface area (Å²) in [7, 11) is 0. The van der Waals surface area contributed by atoms with Crippen LogP contribution in [0.25, 0.3) is 11.1 Å². The molecule has 0 radical (unpaired) electrons. The molecular weight excluding hydrogens is 412 g/mol. The Bertz CT molecular complexity index is 1080. The minimum atomic E-state index is -0.976. The molecule has 3 aromatic carbocycles. The van der Waals surface area contributed by atoms with E-state index in [4.69, 9.17) is 11.6 Å². The first kappa shape index (κ1) is 20.9. The molecule has 5 nitrogen and oxygen atoms in total. The summed E-state index contributed by atoms with van der Waals surface area (Å²) in [4.78, 5) is 26.2. The van der Waals surface area contributed by atoms with E-state index in [-0.39, 0.29) is 18.7 Å². The number of aliphatic carboxylic acids is 1. The third-order valence-corrected chi connectivity index (χ3v) is 5.79. The molecule has 1 aliphatic heterocycles. The molecule has 0 saturated heterocycles. The Kier molecular flexibility index (Phi) is 6.23. The fourth-order valence-corrected chi connectivity index (χ4v) is 3.99. The van der Waals surface area contributed by atoms with Crippen LogP contribution in [-0.4, -0.2) is 29.6 Å². The number of rotatable bonds is 7. The number of carbonyl (C=O) groups is 2. The molecule has 0 bridgehead atoms. The van der Waals surface area contributed by atoms with Gasteiger partial charge in [0.1, 0.15) is 6.04 Å². The van der Waals surface area contributed by atoms with Crippen LogP contribution in [0.15, 0.2) is 72.8 Å². The molecule has 1 atom stereocenters. The lowest BCUT2D eigenvalue weighted by atomic mass is 10.0. The molecule has 0 saturated carbocycles. The van der Waals surface area contributed by atoms with E-state index in [1.807, 2.05) is 72.8 Å². The van der Waals surface area contributed by atoms with Crippen molar-refractivity contribution in [2.75, 3.05) is 16.8 Å². The number of fused-ring (bicyclic) bond motifs is 1. The zero-order valence-electron chi connectivity index (χ0n) is 16.9. The number of halogens is 1. The second kappa shape index (κ2) is 9.23. The van der Waals surface area contributed by atoms with Gasteiger partial charge in [-0.3, -0.25) is 4.79 Å². The molecule has 0 aliphatic carbocycles. The van der Waals surface area contributed by atoms with Crippen molar-refractivity contribution in [3.8, 4) is 11.1 Å². The molecule has 4 rings (SSSR count). The standard InChI is InChI=1S/C25H23ClN2O3/c26-20-9-5-17(6-10-20)18-7-11-21(12-8-18)27-22(25(30)31)13-14-24(29)28-16-15-19-3-1-2-4-23(19)28/h1-12,22,27H,13-16H2,(H,30,31). The Hall–Kier alpha value is -3.31. The van der Waals surface area contributed by atoms with Gasteiger partial charge in [0.25, 0.3) is 0 Å². The highest BCUT2D eigenvalue weighted by Crippen LogP contribution is 2.28. The van der Waals surface area contributed by atoms with Crippen LogP contribution in [0.4, 0.5) is 11.4 Å². The third kappa shape index (κ3) is 4.89.